The molecule has 1 aliphatic heterocycles. The Hall–Kier alpha value is -1.24. The van der Waals surface area contributed by atoms with Crippen molar-refractivity contribution in [3.63, 3.8) is 0 Å². The molecule has 1 saturated carbocycles. The fourth-order valence-electron chi connectivity index (χ4n) is 3.19. The summed E-state index contributed by atoms with van der Waals surface area (Å²) < 4.78 is 5.88. The van der Waals surface area contributed by atoms with Crippen molar-refractivity contribution in [2.24, 2.45) is 0 Å². The number of fused-ring (bicyclic) bond motifs is 1. The van der Waals surface area contributed by atoms with Crippen molar-refractivity contribution >= 4 is 17.3 Å². The highest BCUT2D eigenvalue weighted by atomic mass is 35.5. The first-order chi connectivity index (χ1) is 9.29. The van der Waals surface area contributed by atoms with Crippen LogP contribution in [0.1, 0.15) is 31.2 Å². The molecular formula is C15H17ClN2O. The Kier molecular flexibility index (Phi) is 3.63. The van der Waals surface area contributed by atoms with Gasteiger partial charge in [-0.25, -0.2) is 0 Å². The van der Waals surface area contributed by atoms with Gasteiger partial charge in [0.25, 0.3) is 0 Å². The van der Waals surface area contributed by atoms with Gasteiger partial charge in [0, 0.05) is 12.2 Å². The summed E-state index contributed by atoms with van der Waals surface area (Å²) >= 11 is 6.14. The monoisotopic (exact) mass is 276 g/mol. The summed E-state index contributed by atoms with van der Waals surface area (Å²) in [4.78, 5) is 2.40. The Labute approximate surface area is 118 Å². The highest BCUT2D eigenvalue weighted by Crippen LogP contribution is 2.33. The zero-order valence-electron chi connectivity index (χ0n) is 10.8. The van der Waals surface area contributed by atoms with E-state index in [1.165, 1.54) is 19.3 Å². The second-order valence-electron chi connectivity index (χ2n) is 5.23. The van der Waals surface area contributed by atoms with Crippen molar-refractivity contribution in [1.29, 1.82) is 5.26 Å². The van der Waals surface area contributed by atoms with E-state index >= 15 is 0 Å². The van der Waals surface area contributed by atoms with Gasteiger partial charge in [0.2, 0.25) is 0 Å². The minimum absolute atomic E-state index is 0.358. The summed E-state index contributed by atoms with van der Waals surface area (Å²) in [6, 6.07) is 8.30. The van der Waals surface area contributed by atoms with E-state index in [0.29, 0.717) is 22.7 Å². The van der Waals surface area contributed by atoms with Crippen molar-refractivity contribution < 1.29 is 4.74 Å². The quantitative estimate of drug-likeness (QED) is 0.789. The van der Waals surface area contributed by atoms with Gasteiger partial charge in [-0.2, -0.15) is 5.26 Å². The summed E-state index contributed by atoms with van der Waals surface area (Å²) in [5.41, 5.74) is 1.66. The average Bonchev–Trinajstić information content (AvgIpc) is 2.46. The van der Waals surface area contributed by atoms with E-state index in [-0.39, 0.29) is 0 Å². The van der Waals surface area contributed by atoms with Crippen LogP contribution in [0.15, 0.2) is 18.2 Å². The molecule has 0 aromatic heterocycles. The van der Waals surface area contributed by atoms with Crippen molar-refractivity contribution in [1.82, 2.24) is 0 Å². The predicted octanol–water partition coefficient (Wildman–Crippen LogP) is 3.36. The third kappa shape index (κ3) is 2.43. The van der Waals surface area contributed by atoms with Crippen LogP contribution in [0.2, 0.25) is 5.02 Å². The fraction of sp³-hybridized carbons (Fsp3) is 0.533. The maximum atomic E-state index is 8.94. The van der Waals surface area contributed by atoms with Gasteiger partial charge in [0.15, 0.2) is 0 Å². The van der Waals surface area contributed by atoms with Crippen molar-refractivity contribution in [2.45, 2.75) is 37.8 Å². The molecule has 2 atom stereocenters. The van der Waals surface area contributed by atoms with Gasteiger partial charge in [-0.1, -0.05) is 24.4 Å². The van der Waals surface area contributed by atoms with Gasteiger partial charge in [0.05, 0.1) is 29.3 Å². The first-order valence-electron chi connectivity index (χ1n) is 6.87. The molecule has 3 nitrogen and oxygen atoms in total. The van der Waals surface area contributed by atoms with Crippen LogP contribution in [0.25, 0.3) is 0 Å². The summed E-state index contributed by atoms with van der Waals surface area (Å²) in [7, 11) is 0. The lowest BCUT2D eigenvalue weighted by atomic mass is 9.90. The maximum Gasteiger partial charge on any atom is 0.101 e. The number of anilines is 1. The molecule has 1 heterocycles. The largest absolute Gasteiger partial charge is 0.374 e. The van der Waals surface area contributed by atoms with Crippen LogP contribution in [0, 0.1) is 11.3 Å². The van der Waals surface area contributed by atoms with Gasteiger partial charge in [-0.05, 0) is 31.0 Å². The molecule has 0 amide bonds. The summed E-state index contributed by atoms with van der Waals surface area (Å²) in [5.74, 6) is 0. The maximum absolute atomic E-state index is 8.94. The first kappa shape index (κ1) is 12.8. The van der Waals surface area contributed by atoms with E-state index < -0.39 is 0 Å². The molecule has 2 fully saturated rings. The number of halogens is 1. The summed E-state index contributed by atoms with van der Waals surface area (Å²) in [6.07, 6.45) is 5.23. The molecule has 1 saturated heterocycles. The van der Waals surface area contributed by atoms with Crippen LogP contribution < -0.4 is 4.90 Å². The number of hydrogen-bond acceptors (Lipinski definition) is 3. The number of benzene rings is 1. The molecule has 1 aromatic rings. The minimum atomic E-state index is 0.358. The molecule has 2 unspecified atom stereocenters. The minimum Gasteiger partial charge on any atom is -0.374 e. The molecule has 0 N–H and O–H groups in total. The van der Waals surface area contributed by atoms with E-state index in [1.807, 2.05) is 18.2 Å². The lowest BCUT2D eigenvalue weighted by Crippen LogP contribution is -2.52. The molecule has 0 radical (unpaired) electrons. The van der Waals surface area contributed by atoms with Crippen LogP contribution in [-0.4, -0.2) is 25.3 Å². The van der Waals surface area contributed by atoms with E-state index in [9.17, 15) is 0 Å². The predicted molar refractivity (Wildman–Crippen MR) is 75.5 cm³/mol. The number of nitriles is 1. The first-order valence-corrected chi connectivity index (χ1v) is 7.25. The average molecular weight is 277 g/mol. The topological polar surface area (TPSA) is 36.3 Å². The van der Waals surface area contributed by atoms with Crippen LogP contribution in [0.5, 0.6) is 0 Å². The Morgan fingerprint density at radius 2 is 2.16 bits per heavy atom. The van der Waals surface area contributed by atoms with Gasteiger partial charge in [-0.3, -0.25) is 0 Å². The second kappa shape index (κ2) is 5.40. The van der Waals surface area contributed by atoms with Gasteiger partial charge >= 0.3 is 0 Å². The summed E-state index contributed by atoms with van der Waals surface area (Å²) in [5, 5.41) is 9.48. The van der Waals surface area contributed by atoms with E-state index in [1.54, 1.807) is 0 Å². The van der Waals surface area contributed by atoms with Crippen LogP contribution in [0.4, 0.5) is 5.69 Å². The molecule has 0 bridgehead atoms. The normalized spacial score (nSPS) is 26.6. The number of nitrogens with zero attached hydrogens (tertiary/aromatic N) is 2. The van der Waals surface area contributed by atoms with Gasteiger partial charge in [-0.15, -0.1) is 0 Å². The zero-order chi connectivity index (χ0) is 13.2. The number of rotatable bonds is 1. The zero-order valence-corrected chi connectivity index (χ0v) is 11.6. The van der Waals surface area contributed by atoms with Crippen LogP contribution in [-0.2, 0) is 4.74 Å². The van der Waals surface area contributed by atoms with Crippen molar-refractivity contribution in [2.75, 3.05) is 18.1 Å². The Bertz CT molecular complexity index is 509. The Balaban J connectivity index is 1.88. The van der Waals surface area contributed by atoms with Crippen molar-refractivity contribution in [3.05, 3.63) is 28.8 Å². The molecule has 0 spiro atoms. The Morgan fingerprint density at radius 1 is 1.32 bits per heavy atom. The molecule has 3 rings (SSSR count). The number of hydrogen-bond donors (Lipinski definition) is 0. The van der Waals surface area contributed by atoms with E-state index in [4.69, 9.17) is 21.6 Å². The molecular weight excluding hydrogens is 260 g/mol. The SMILES string of the molecule is N#Cc1ccc(N2CCOC3CCCCC32)cc1Cl. The smallest absolute Gasteiger partial charge is 0.101 e. The molecule has 1 aliphatic carbocycles. The Morgan fingerprint density at radius 3 is 2.95 bits per heavy atom. The van der Waals surface area contributed by atoms with Gasteiger partial charge in [0.1, 0.15) is 6.07 Å². The number of ether oxygens (including phenoxy) is 1. The molecule has 19 heavy (non-hydrogen) atoms. The van der Waals surface area contributed by atoms with Gasteiger partial charge < -0.3 is 9.64 Å². The lowest BCUT2D eigenvalue weighted by molar-refractivity contribution is -0.00867. The third-order valence-electron chi connectivity index (χ3n) is 4.14. The molecule has 4 heteroatoms. The van der Waals surface area contributed by atoms with Crippen LogP contribution in [0.3, 0.4) is 0 Å². The van der Waals surface area contributed by atoms with Crippen molar-refractivity contribution in [3.8, 4) is 6.07 Å². The molecule has 1 aromatic carbocycles. The highest BCUT2D eigenvalue weighted by Gasteiger charge is 2.34. The summed E-state index contributed by atoms with van der Waals surface area (Å²) in [6.45, 7) is 1.68. The fourth-order valence-corrected chi connectivity index (χ4v) is 3.41. The lowest BCUT2D eigenvalue weighted by Gasteiger charge is -2.45. The molecule has 100 valence electrons. The van der Waals surface area contributed by atoms with E-state index in [0.717, 1.165) is 25.3 Å². The number of morpholine rings is 1. The van der Waals surface area contributed by atoms with Crippen LogP contribution >= 0.6 is 11.6 Å². The third-order valence-corrected chi connectivity index (χ3v) is 4.45. The standard InChI is InChI=1S/C15H17ClN2O/c16-13-9-12(6-5-11(13)10-17)18-7-8-19-15-4-2-1-3-14(15)18/h5-6,9,14-15H,1-4,7-8H2. The molecule has 2 aliphatic rings. The van der Waals surface area contributed by atoms with E-state index in [2.05, 4.69) is 11.0 Å². The second-order valence-corrected chi connectivity index (χ2v) is 5.64. The highest BCUT2D eigenvalue weighted by molar-refractivity contribution is 6.32.